The minimum absolute atomic E-state index is 0. The van der Waals surface area contributed by atoms with E-state index in [1.165, 1.54) is 19.1 Å². The number of anilines is 1. The number of nitro groups is 1. The maximum absolute atomic E-state index is 11.4. The van der Waals surface area contributed by atoms with Crippen LogP contribution in [-0.2, 0) is 14.9 Å². The normalized spacial score (nSPS) is 11.0. The second-order valence-corrected chi connectivity index (χ2v) is 6.48. The van der Waals surface area contributed by atoms with Gasteiger partial charge in [-0.2, -0.15) is 8.42 Å². The maximum atomic E-state index is 11.4. The number of hydrogen-bond acceptors (Lipinski definition) is 5. The molecule has 0 spiro atoms. The maximum Gasteiger partial charge on any atom is 1.00 e. The molecule has 0 saturated carbocycles. The van der Waals surface area contributed by atoms with E-state index in [1.807, 2.05) is 0 Å². The molecular weight excluding hydrogens is 371 g/mol. The summed E-state index contributed by atoms with van der Waals surface area (Å²) in [5.74, 6) is -0.202. The van der Waals surface area contributed by atoms with Crippen LogP contribution in [0.15, 0.2) is 47.4 Å². The molecule has 10 heteroatoms. The second kappa shape index (κ2) is 9.06. The van der Waals surface area contributed by atoms with Gasteiger partial charge in [-0.25, -0.2) is 0 Å². The van der Waals surface area contributed by atoms with Crippen LogP contribution in [0.2, 0.25) is 0 Å². The van der Waals surface area contributed by atoms with E-state index in [4.69, 9.17) is 0 Å². The smallest absolute Gasteiger partial charge is 0.326 e. The molecule has 26 heavy (non-hydrogen) atoms. The first kappa shape index (κ1) is 22.0. The summed E-state index contributed by atoms with van der Waals surface area (Å²) in [4.78, 5) is 20.4. The van der Waals surface area contributed by atoms with Crippen molar-refractivity contribution in [3.63, 3.8) is 0 Å². The van der Waals surface area contributed by atoms with Gasteiger partial charge in [-0.05, 0) is 29.3 Å². The Balaban J connectivity index is 0.00000338. The average molecular weight is 385 g/mol. The molecule has 2 aromatic rings. The third-order valence-electron chi connectivity index (χ3n) is 3.17. The van der Waals surface area contributed by atoms with Crippen molar-refractivity contribution < 1.29 is 52.2 Å². The zero-order valence-corrected chi connectivity index (χ0v) is 16.9. The number of benzene rings is 2. The van der Waals surface area contributed by atoms with Gasteiger partial charge in [0.05, 0.1) is 4.92 Å². The van der Waals surface area contributed by atoms with Crippen molar-refractivity contribution in [2.24, 2.45) is 0 Å². The number of rotatable bonds is 5. The van der Waals surface area contributed by atoms with Crippen molar-refractivity contribution in [2.45, 2.75) is 11.8 Å². The van der Waals surface area contributed by atoms with E-state index in [0.29, 0.717) is 11.3 Å². The molecule has 0 heterocycles. The van der Waals surface area contributed by atoms with E-state index in [0.717, 1.165) is 12.1 Å². The monoisotopic (exact) mass is 385 g/mol. The molecule has 0 radical (unpaired) electrons. The molecule has 0 aliphatic heterocycles. The largest absolute Gasteiger partial charge is 1.00 e. The zero-order chi connectivity index (χ0) is 18.6. The quantitative estimate of drug-likeness (QED) is 0.245. The van der Waals surface area contributed by atoms with E-state index in [2.05, 4.69) is 5.32 Å². The van der Waals surface area contributed by atoms with Crippen LogP contribution < -0.4 is 34.9 Å². The first-order valence-corrected chi connectivity index (χ1v) is 8.42. The van der Waals surface area contributed by atoms with Gasteiger partial charge >= 0.3 is 29.6 Å². The standard InChI is InChI=1S/C16H14N2O6S.Na/c1-11(19)17-14-7-3-12(4-8-14)2-5-13-6-9-15(18(20)21)10-16(13)25(22,23)24;/h2-10H,1H3,(H,17,19)(H,22,23,24);/q;+1/b5-2+;. The zero-order valence-electron chi connectivity index (χ0n) is 14.0. The van der Waals surface area contributed by atoms with Crippen LogP contribution >= 0.6 is 0 Å². The van der Waals surface area contributed by atoms with Crippen LogP contribution in [0.1, 0.15) is 18.1 Å². The number of non-ortho nitro benzene ring substituents is 1. The fraction of sp³-hybridized carbons (Fsp3) is 0.0625. The number of carbonyl (C=O) groups is 1. The van der Waals surface area contributed by atoms with Gasteiger partial charge in [-0.15, -0.1) is 0 Å². The Morgan fingerprint density at radius 1 is 1.15 bits per heavy atom. The number of amides is 1. The van der Waals surface area contributed by atoms with Gasteiger partial charge in [0, 0.05) is 24.7 Å². The Hall–Kier alpha value is -2.04. The molecule has 2 aromatic carbocycles. The molecule has 0 saturated heterocycles. The third kappa shape index (κ3) is 6.04. The summed E-state index contributed by atoms with van der Waals surface area (Å²) in [6, 6.07) is 9.91. The number of carbonyl (C=O) groups excluding carboxylic acids is 1. The predicted molar refractivity (Wildman–Crippen MR) is 92.6 cm³/mol. The van der Waals surface area contributed by atoms with E-state index in [9.17, 15) is 27.9 Å². The Kier molecular flexibility index (Phi) is 7.67. The fourth-order valence-corrected chi connectivity index (χ4v) is 2.77. The summed E-state index contributed by atoms with van der Waals surface area (Å²) in [5.41, 5.74) is 0.982. The van der Waals surface area contributed by atoms with Crippen LogP contribution in [-0.4, -0.2) is 23.8 Å². The van der Waals surface area contributed by atoms with Gasteiger partial charge in [0.25, 0.3) is 15.8 Å². The Labute approximate surface area is 172 Å². The number of nitro benzene ring substituents is 1. The topological polar surface area (TPSA) is 127 Å². The van der Waals surface area contributed by atoms with Crippen molar-refractivity contribution in [3.8, 4) is 0 Å². The first-order chi connectivity index (χ1) is 11.7. The number of nitrogens with zero attached hydrogens (tertiary/aromatic N) is 1. The molecule has 0 unspecified atom stereocenters. The van der Waals surface area contributed by atoms with Crippen LogP contribution in [0, 0.1) is 10.1 Å². The van der Waals surface area contributed by atoms with E-state index >= 15 is 0 Å². The molecule has 0 aliphatic rings. The Morgan fingerprint density at radius 3 is 2.27 bits per heavy atom. The minimum atomic E-state index is -4.62. The van der Waals surface area contributed by atoms with E-state index in [-0.39, 0.29) is 41.0 Å². The predicted octanol–water partition coefficient (Wildman–Crippen LogP) is -0.0257. The van der Waals surface area contributed by atoms with Crippen molar-refractivity contribution in [2.75, 3.05) is 5.32 Å². The molecule has 0 fully saturated rings. The molecule has 2 N–H and O–H groups in total. The molecule has 2 rings (SSSR count). The summed E-state index contributed by atoms with van der Waals surface area (Å²) in [6.07, 6.45) is 2.99. The van der Waals surface area contributed by atoms with Gasteiger partial charge in [0.15, 0.2) is 0 Å². The number of nitrogens with one attached hydrogen (secondary N) is 1. The molecule has 8 nitrogen and oxygen atoms in total. The van der Waals surface area contributed by atoms with Crippen LogP contribution in [0.3, 0.4) is 0 Å². The van der Waals surface area contributed by atoms with Gasteiger partial charge in [-0.1, -0.05) is 24.3 Å². The summed E-state index contributed by atoms with van der Waals surface area (Å²) < 4.78 is 32.2. The van der Waals surface area contributed by atoms with Crippen LogP contribution in [0.5, 0.6) is 0 Å². The van der Waals surface area contributed by atoms with E-state index in [1.54, 1.807) is 30.3 Å². The molecule has 0 atom stereocenters. The molecule has 0 bridgehead atoms. The van der Waals surface area contributed by atoms with Crippen molar-refractivity contribution in [3.05, 3.63) is 63.7 Å². The molecule has 0 aromatic heterocycles. The first-order valence-electron chi connectivity index (χ1n) is 6.98. The molecule has 130 valence electrons. The summed E-state index contributed by atoms with van der Waals surface area (Å²) in [7, 11) is -4.62. The van der Waals surface area contributed by atoms with Crippen molar-refractivity contribution in [1.82, 2.24) is 0 Å². The van der Waals surface area contributed by atoms with Crippen LogP contribution in [0.25, 0.3) is 12.2 Å². The van der Waals surface area contributed by atoms with Gasteiger partial charge in [-0.3, -0.25) is 19.5 Å². The third-order valence-corrected chi connectivity index (χ3v) is 4.08. The molecule has 0 aliphatic carbocycles. The van der Waals surface area contributed by atoms with Gasteiger partial charge in [0.1, 0.15) is 4.90 Å². The Morgan fingerprint density at radius 2 is 1.77 bits per heavy atom. The van der Waals surface area contributed by atoms with Crippen molar-refractivity contribution >= 4 is 39.6 Å². The Bertz CT molecular complexity index is 955. The molecular formula is C16H14N2NaO6S+. The minimum Gasteiger partial charge on any atom is -0.326 e. The van der Waals surface area contributed by atoms with Gasteiger partial charge in [0.2, 0.25) is 5.91 Å². The second-order valence-electron chi connectivity index (χ2n) is 5.09. The molecule has 1 amide bonds. The van der Waals surface area contributed by atoms with Crippen LogP contribution in [0.4, 0.5) is 11.4 Å². The summed E-state index contributed by atoms with van der Waals surface area (Å²) in [5, 5.41) is 13.4. The van der Waals surface area contributed by atoms with E-state index < -0.39 is 25.6 Å². The average Bonchev–Trinajstić information content (AvgIpc) is 2.52. The fourth-order valence-electron chi connectivity index (χ4n) is 2.06. The van der Waals surface area contributed by atoms with Crippen molar-refractivity contribution in [1.29, 1.82) is 0 Å². The summed E-state index contributed by atoms with van der Waals surface area (Å²) >= 11 is 0. The summed E-state index contributed by atoms with van der Waals surface area (Å²) in [6.45, 7) is 1.39. The van der Waals surface area contributed by atoms with Gasteiger partial charge < -0.3 is 5.32 Å². The number of hydrogen-bond donors (Lipinski definition) is 2. The SMILES string of the molecule is CC(=O)Nc1ccc(/C=C/c2ccc([N+](=O)[O-])cc2S(=O)(=O)O)cc1.[Na+].